The monoisotopic (exact) mass is 1290 g/mol. The van der Waals surface area contributed by atoms with Gasteiger partial charge in [0.25, 0.3) is 0 Å². The molecule has 8 aromatic carbocycles. The molecule has 8 nitrogen and oxygen atoms in total. The number of fused-ring (bicyclic) bond motifs is 6. The van der Waals surface area contributed by atoms with Gasteiger partial charge in [-0.15, -0.1) is 0 Å². The van der Waals surface area contributed by atoms with Crippen LogP contribution >= 0.6 is 11.6 Å². The number of hydrogen-bond donors (Lipinski definition) is 4. The molecule has 0 saturated heterocycles. The highest BCUT2D eigenvalue weighted by atomic mass is 35.5. The maximum Gasteiger partial charge on any atom is 0.227 e. The molecule has 492 valence electrons. The standard InChI is InChI=1S/C18H19NO.C17H18N2.C13H17N.C13H15N.C12H14ClN.C12H14FN/c1-12-7-5-6-8-14(12)17-19-15-11-13(18(2,3)4)9-10-16(15)20-17;1-17(2,3)13-9-10-14-15(11-13)19-16(18-14)12-7-5-4-6-8-12;1-9-8-14-11-7-5-6-10(12(9)11)13(2,3)4;1-13(2,3)12-8-10-6-4-5-7-11(10)9-14-12;2*1-12(2,3)9-7-11-8(4-5-14-11)6-10(9)13/h5-11H,1-4H3;4-11H,1-3H3,(H,18,19);5-8,14H,1-4H3;4-9H,1-3H3;2*4-7,14H,1-3H3. The minimum atomic E-state index is -0.149. The third-order valence-electron chi connectivity index (χ3n) is 17.0. The third-order valence-corrected chi connectivity index (χ3v) is 17.3. The Morgan fingerprint density at radius 1 is 0.421 bits per heavy atom. The summed E-state index contributed by atoms with van der Waals surface area (Å²) in [5.74, 6) is 1.51. The van der Waals surface area contributed by atoms with Crippen LogP contribution in [0.4, 0.5) is 4.39 Å². The predicted octanol–water partition coefficient (Wildman–Crippen LogP) is 24.7. The van der Waals surface area contributed by atoms with E-state index in [1.807, 2.05) is 112 Å². The lowest BCUT2D eigenvalue weighted by Crippen LogP contribution is -2.13. The first-order chi connectivity index (χ1) is 44.5. The summed E-state index contributed by atoms with van der Waals surface area (Å²) in [4.78, 5) is 26.8. The van der Waals surface area contributed by atoms with Crippen molar-refractivity contribution in [2.45, 2.75) is 171 Å². The number of benzene rings is 8. The van der Waals surface area contributed by atoms with Gasteiger partial charge in [0.2, 0.25) is 5.89 Å². The van der Waals surface area contributed by atoms with Gasteiger partial charge in [0.05, 0.1) is 11.0 Å². The Hall–Kier alpha value is -9.05. The van der Waals surface area contributed by atoms with Crippen LogP contribution in [0.15, 0.2) is 205 Å². The number of nitrogens with one attached hydrogen (secondary N) is 4. The van der Waals surface area contributed by atoms with Gasteiger partial charge >= 0.3 is 0 Å². The van der Waals surface area contributed by atoms with Crippen molar-refractivity contribution in [3.05, 3.63) is 256 Å². The van der Waals surface area contributed by atoms with Crippen molar-refractivity contribution < 1.29 is 8.81 Å². The van der Waals surface area contributed by atoms with E-state index in [-0.39, 0.29) is 38.3 Å². The Kier molecular flexibility index (Phi) is 20.8. The number of pyridine rings is 1. The summed E-state index contributed by atoms with van der Waals surface area (Å²) in [5.41, 5.74) is 19.7. The Morgan fingerprint density at radius 3 is 1.62 bits per heavy atom. The Bertz CT molecular complexity index is 4810. The summed E-state index contributed by atoms with van der Waals surface area (Å²) in [5, 5.41) is 6.82. The fourth-order valence-electron chi connectivity index (χ4n) is 11.3. The highest BCUT2D eigenvalue weighted by Gasteiger charge is 2.23. The van der Waals surface area contributed by atoms with Crippen LogP contribution in [-0.4, -0.2) is 34.9 Å². The molecular formula is C85H97ClFN7O. The molecular weight excluding hydrogens is 1190 g/mol. The van der Waals surface area contributed by atoms with Crippen molar-refractivity contribution in [1.82, 2.24) is 34.9 Å². The lowest BCUT2D eigenvalue weighted by molar-refractivity contribution is 0.524. The van der Waals surface area contributed by atoms with Gasteiger partial charge in [0.1, 0.15) is 17.2 Å². The topological polar surface area (TPSA) is 115 Å². The van der Waals surface area contributed by atoms with Gasteiger partial charge in [-0.2, -0.15) is 0 Å². The van der Waals surface area contributed by atoms with Crippen LogP contribution in [0.3, 0.4) is 0 Å². The minimum absolute atomic E-state index is 0.0936. The van der Waals surface area contributed by atoms with Gasteiger partial charge in [0.15, 0.2) is 5.58 Å². The molecule has 0 amide bonds. The fraction of sp³-hybridized carbons (Fsp3) is 0.306. The maximum absolute atomic E-state index is 13.7. The number of aryl methyl sites for hydroxylation is 2. The molecule has 0 aliphatic rings. The van der Waals surface area contributed by atoms with Gasteiger partial charge in [-0.25, -0.2) is 14.4 Å². The molecule has 0 spiro atoms. The second kappa shape index (κ2) is 28.1. The fourth-order valence-corrected chi connectivity index (χ4v) is 11.8. The maximum atomic E-state index is 13.7. The molecule has 0 radical (unpaired) electrons. The zero-order chi connectivity index (χ0) is 69.0. The Balaban J connectivity index is 0.000000135. The van der Waals surface area contributed by atoms with Crippen LogP contribution < -0.4 is 0 Å². The van der Waals surface area contributed by atoms with Crippen LogP contribution in [0.1, 0.15) is 169 Å². The first-order valence-corrected chi connectivity index (χ1v) is 33.4. The summed E-state index contributed by atoms with van der Waals surface area (Å²) >= 11 is 6.23. The van der Waals surface area contributed by atoms with E-state index in [2.05, 4.69) is 256 Å². The number of oxazole rings is 1. The van der Waals surface area contributed by atoms with Crippen LogP contribution in [0.25, 0.3) is 88.5 Å². The summed E-state index contributed by atoms with van der Waals surface area (Å²) in [6.07, 6.45) is 7.81. The number of aromatic nitrogens is 7. The Morgan fingerprint density at radius 2 is 1.00 bits per heavy atom. The largest absolute Gasteiger partial charge is 0.436 e. The van der Waals surface area contributed by atoms with E-state index in [1.165, 1.54) is 60.4 Å². The smallest absolute Gasteiger partial charge is 0.227 e. The van der Waals surface area contributed by atoms with Crippen LogP contribution in [0.5, 0.6) is 0 Å². The van der Waals surface area contributed by atoms with Gasteiger partial charge < -0.3 is 24.4 Å². The number of nitrogens with zero attached hydrogens (tertiary/aromatic N) is 3. The lowest BCUT2D eigenvalue weighted by atomic mass is 9.84. The van der Waals surface area contributed by atoms with Gasteiger partial charge in [-0.3, -0.25) is 4.98 Å². The third kappa shape index (κ3) is 17.5. The van der Waals surface area contributed by atoms with Gasteiger partial charge in [-0.05, 0) is 164 Å². The van der Waals surface area contributed by atoms with Crippen LogP contribution in [0.2, 0.25) is 5.02 Å². The molecule has 0 fully saturated rings. The molecule has 10 heteroatoms. The van der Waals surface area contributed by atoms with Crippen LogP contribution in [-0.2, 0) is 32.5 Å². The molecule has 95 heavy (non-hydrogen) atoms. The number of hydrogen-bond acceptors (Lipinski definition) is 4. The van der Waals surface area contributed by atoms with Crippen molar-refractivity contribution in [2.24, 2.45) is 0 Å². The number of aromatic amines is 4. The van der Waals surface area contributed by atoms with E-state index in [1.54, 1.807) is 6.07 Å². The summed E-state index contributed by atoms with van der Waals surface area (Å²) < 4.78 is 19.6. The zero-order valence-electron chi connectivity index (χ0n) is 59.6. The molecule has 14 rings (SSSR count). The molecule has 0 aliphatic carbocycles. The average molecular weight is 1290 g/mol. The summed E-state index contributed by atoms with van der Waals surface area (Å²) in [7, 11) is 0. The molecule has 0 aliphatic heterocycles. The number of imidazole rings is 1. The molecule has 0 unspecified atom stereocenters. The molecule has 0 saturated carbocycles. The van der Waals surface area contributed by atoms with Crippen molar-refractivity contribution in [3.63, 3.8) is 0 Å². The van der Waals surface area contributed by atoms with Crippen molar-refractivity contribution in [2.75, 3.05) is 0 Å². The molecule has 6 heterocycles. The second-order valence-electron chi connectivity index (χ2n) is 31.1. The van der Waals surface area contributed by atoms with Gasteiger partial charge in [0, 0.05) is 90.1 Å². The molecule has 0 bridgehead atoms. The highest BCUT2D eigenvalue weighted by Crippen LogP contribution is 2.36. The first kappa shape index (κ1) is 70.3. The van der Waals surface area contributed by atoms with Crippen molar-refractivity contribution >= 4 is 77.2 Å². The van der Waals surface area contributed by atoms with E-state index in [4.69, 9.17) is 16.0 Å². The molecule has 4 N–H and O–H groups in total. The second-order valence-corrected chi connectivity index (χ2v) is 31.5. The van der Waals surface area contributed by atoms with Gasteiger partial charge in [-0.1, -0.05) is 233 Å². The normalized spacial score (nSPS) is 12.1. The summed E-state index contributed by atoms with van der Waals surface area (Å²) in [6, 6.07) is 59.7. The number of halogens is 2. The summed E-state index contributed by atoms with van der Waals surface area (Å²) in [6.45, 7) is 43.4. The van der Waals surface area contributed by atoms with Crippen molar-refractivity contribution in [1.29, 1.82) is 0 Å². The SMILES string of the molecule is CC(C)(C)c1cc2[nH]ccc2cc1Cl.CC(C)(C)c1cc2[nH]ccc2cc1F.CC(C)(C)c1cc2ccccc2cn1.CC(C)(C)c1ccc2nc(-c3ccccc3)[nH]c2c1.Cc1c[nH]c2cccc(C(C)(C)C)c12.Cc1ccccc1-c1nc2cc(C(C)(C)C)ccc2o1. The van der Waals surface area contributed by atoms with Crippen molar-refractivity contribution in [3.8, 4) is 22.8 Å². The highest BCUT2D eigenvalue weighted by molar-refractivity contribution is 6.32. The van der Waals surface area contributed by atoms with E-state index >= 15 is 0 Å². The van der Waals surface area contributed by atoms with E-state index in [0.717, 1.165) is 71.8 Å². The quantitative estimate of drug-likeness (QED) is 0.138. The number of H-pyrrole nitrogens is 4. The number of rotatable bonds is 2. The van der Waals surface area contributed by atoms with Crippen LogP contribution in [0, 0.1) is 19.7 Å². The molecule has 0 atom stereocenters. The average Bonchev–Trinajstić information content (AvgIpc) is 1.75. The van der Waals surface area contributed by atoms with E-state index < -0.39 is 0 Å². The predicted molar refractivity (Wildman–Crippen MR) is 404 cm³/mol. The first-order valence-electron chi connectivity index (χ1n) is 33.0. The minimum Gasteiger partial charge on any atom is -0.436 e. The zero-order valence-corrected chi connectivity index (χ0v) is 60.3. The molecule has 6 aromatic heterocycles. The Labute approximate surface area is 567 Å². The van der Waals surface area contributed by atoms with E-state index in [9.17, 15) is 4.39 Å². The molecule has 14 aromatic rings. The lowest BCUT2D eigenvalue weighted by Gasteiger charge is -2.20. The van der Waals surface area contributed by atoms with E-state index in [0.29, 0.717) is 5.89 Å².